The number of carbonyl (C=O) groups excluding carboxylic acids is 2. The summed E-state index contributed by atoms with van der Waals surface area (Å²) < 4.78 is 23.0. The van der Waals surface area contributed by atoms with E-state index in [2.05, 4.69) is 86.8 Å². The maximum Gasteiger partial charge on any atom is 0.361 e. The molecule has 458 valence electrons. The van der Waals surface area contributed by atoms with Gasteiger partial charge >= 0.3 is 17.9 Å². The summed E-state index contributed by atoms with van der Waals surface area (Å²) >= 11 is 0. The van der Waals surface area contributed by atoms with Crippen molar-refractivity contribution >= 4 is 17.9 Å². The van der Waals surface area contributed by atoms with Crippen LogP contribution in [0, 0.1) is 0 Å². The Hall–Kier alpha value is -3.27. The van der Waals surface area contributed by atoms with E-state index in [-0.39, 0.29) is 32.2 Å². The molecule has 0 aliphatic heterocycles. The van der Waals surface area contributed by atoms with E-state index in [1.165, 1.54) is 199 Å². The van der Waals surface area contributed by atoms with Crippen molar-refractivity contribution in [1.29, 1.82) is 0 Å². The second-order valence-electron chi connectivity index (χ2n) is 23.4. The number of hydrogen-bond acceptors (Lipinski definition) is 7. The predicted molar refractivity (Wildman–Crippen MR) is 336 cm³/mol. The Labute approximate surface area is 487 Å². The first-order valence-electron chi connectivity index (χ1n) is 33.1. The lowest BCUT2D eigenvalue weighted by Gasteiger charge is -2.25. The second-order valence-corrected chi connectivity index (χ2v) is 23.4. The Bertz CT molecular complexity index is 1520. The Morgan fingerprint density at radius 3 is 1.09 bits per heavy atom. The minimum Gasteiger partial charge on any atom is -0.477 e. The molecule has 0 spiro atoms. The van der Waals surface area contributed by atoms with Gasteiger partial charge in [0, 0.05) is 12.8 Å². The molecule has 2 unspecified atom stereocenters. The number of allylic oxidation sites excluding steroid dienone is 12. The Balaban J connectivity index is 4.11. The standard InChI is InChI=1S/C70H125NO8/c1-6-8-10-12-14-16-18-20-22-24-26-28-29-30-31-32-33-34-35-36-37-38-39-41-43-45-47-49-51-53-55-57-59-61-68(73)79-66(65-78-70(69(74)75)76-63-62-71(3,4)5)64-77-67(72)60-58-56-54-52-50-48-46-44-42-40-27-25-23-21-19-17-15-13-11-9-7-2/h8,10,14,16,20,22,25-28,30-31,66,70H,6-7,9,11-13,15,17-19,21,23-24,29,32-65H2,1-5H3/p+1/b10-8-,16-14-,22-20-,27-25-,28-26-,31-30-. The van der Waals surface area contributed by atoms with Crippen LogP contribution in [-0.2, 0) is 33.3 Å². The van der Waals surface area contributed by atoms with Crippen molar-refractivity contribution in [2.75, 3.05) is 47.5 Å². The highest BCUT2D eigenvalue weighted by Gasteiger charge is 2.25. The number of carboxylic acid groups (broad SMARTS) is 1. The van der Waals surface area contributed by atoms with E-state index in [0.29, 0.717) is 17.4 Å². The van der Waals surface area contributed by atoms with Crippen LogP contribution in [0.3, 0.4) is 0 Å². The van der Waals surface area contributed by atoms with E-state index in [0.717, 1.165) is 70.6 Å². The Kier molecular flexibility index (Phi) is 58.3. The van der Waals surface area contributed by atoms with Crippen LogP contribution < -0.4 is 0 Å². The molecule has 0 aromatic carbocycles. The molecule has 9 nitrogen and oxygen atoms in total. The fraction of sp³-hybridized carbons (Fsp3) is 0.786. The summed E-state index contributed by atoms with van der Waals surface area (Å²) in [5.41, 5.74) is 0. The Morgan fingerprint density at radius 2 is 0.722 bits per heavy atom. The summed E-state index contributed by atoms with van der Waals surface area (Å²) in [5, 5.41) is 9.73. The van der Waals surface area contributed by atoms with Gasteiger partial charge in [-0.05, 0) is 83.5 Å². The lowest BCUT2D eigenvalue weighted by molar-refractivity contribution is -0.870. The van der Waals surface area contributed by atoms with Crippen molar-refractivity contribution in [2.45, 2.75) is 309 Å². The van der Waals surface area contributed by atoms with E-state index in [9.17, 15) is 19.5 Å². The number of carboxylic acids is 1. The van der Waals surface area contributed by atoms with Crippen LogP contribution >= 0.6 is 0 Å². The zero-order valence-electron chi connectivity index (χ0n) is 52.3. The van der Waals surface area contributed by atoms with Gasteiger partial charge in [0.1, 0.15) is 13.2 Å². The van der Waals surface area contributed by atoms with Gasteiger partial charge < -0.3 is 28.5 Å². The van der Waals surface area contributed by atoms with Gasteiger partial charge in [0.25, 0.3) is 6.29 Å². The minimum absolute atomic E-state index is 0.182. The number of carbonyl (C=O) groups is 3. The molecule has 79 heavy (non-hydrogen) atoms. The number of nitrogens with zero attached hydrogens (tertiary/aromatic N) is 1. The SMILES string of the molecule is CC/C=C\C/C=C\C/C=C\C/C=C\C/C=C\CCCCCCCCCCCCCCCCCCCC(=O)OC(COC(=O)CCCCCCCCCCC/C=C\CCCCCCCCCC)COC(OCC[N+](C)(C)C)C(=O)O. The number of esters is 2. The number of likely N-dealkylation sites (N-methyl/N-ethyl adjacent to an activating group) is 1. The van der Waals surface area contributed by atoms with Gasteiger partial charge in [0.05, 0.1) is 34.4 Å². The quantitative estimate of drug-likeness (QED) is 0.0211. The molecular weight excluding hydrogens is 983 g/mol. The zero-order chi connectivity index (χ0) is 57.6. The first-order chi connectivity index (χ1) is 38.6. The highest BCUT2D eigenvalue weighted by molar-refractivity contribution is 5.71. The Morgan fingerprint density at radius 1 is 0.392 bits per heavy atom. The van der Waals surface area contributed by atoms with Gasteiger partial charge in [-0.15, -0.1) is 0 Å². The second kappa shape index (κ2) is 60.8. The number of hydrogen-bond donors (Lipinski definition) is 1. The first kappa shape index (κ1) is 75.7. The molecule has 0 fully saturated rings. The molecule has 2 atom stereocenters. The predicted octanol–water partition coefficient (Wildman–Crippen LogP) is 20.1. The average molecular weight is 1110 g/mol. The highest BCUT2D eigenvalue weighted by atomic mass is 16.7. The van der Waals surface area contributed by atoms with E-state index >= 15 is 0 Å². The molecule has 9 heteroatoms. The number of rotatable bonds is 61. The van der Waals surface area contributed by atoms with Crippen molar-refractivity contribution in [3.8, 4) is 0 Å². The van der Waals surface area contributed by atoms with Gasteiger partial charge in [-0.3, -0.25) is 9.59 Å². The van der Waals surface area contributed by atoms with E-state index in [1.54, 1.807) is 0 Å². The van der Waals surface area contributed by atoms with Crippen molar-refractivity contribution in [1.82, 2.24) is 0 Å². The number of quaternary nitrogens is 1. The van der Waals surface area contributed by atoms with Crippen molar-refractivity contribution in [3.63, 3.8) is 0 Å². The molecule has 0 rings (SSSR count). The number of aliphatic carboxylic acids is 1. The normalized spacial score (nSPS) is 13.2. The molecule has 0 aliphatic carbocycles. The summed E-state index contributed by atoms with van der Waals surface area (Å²) in [6, 6.07) is 0. The lowest BCUT2D eigenvalue weighted by Crippen LogP contribution is -2.40. The average Bonchev–Trinajstić information content (AvgIpc) is 3.42. The third-order valence-electron chi connectivity index (χ3n) is 14.4. The van der Waals surface area contributed by atoms with Gasteiger partial charge in [-0.25, -0.2) is 4.79 Å². The third-order valence-corrected chi connectivity index (χ3v) is 14.4. The zero-order valence-corrected chi connectivity index (χ0v) is 52.3. The fourth-order valence-electron chi connectivity index (χ4n) is 9.39. The molecule has 0 amide bonds. The van der Waals surface area contributed by atoms with Crippen molar-refractivity contribution in [2.24, 2.45) is 0 Å². The van der Waals surface area contributed by atoms with E-state index < -0.39 is 24.3 Å². The van der Waals surface area contributed by atoms with Gasteiger partial charge in [-0.1, -0.05) is 273 Å². The molecule has 0 bridgehead atoms. The summed E-state index contributed by atoms with van der Waals surface area (Å²) in [4.78, 5) is 37.5. The third kappa shape index (κ3) is 62.2. The van der Waals surface area contributed by atoms with Gasteiger partial charge in [-0.2, -0.15) is 0 Å². The topological polar surface area (TPSA) is 108 Å². The first-order valence-corrected chi connectivity index (χ1v) is 33.1. The van der Waals surface area contributed by atoms with Crippen LogP contribution in [0.2, 0.25) is 0 Å². The largest absolute Gasteiger partial charge is 0.477 e. The summed E-state index contributed by atoms with van der Waals surface area (Å²) in [6.45, 7) is 4.80. The molecule has 0 saturated carbocycles. The van der Waals surface area contributed by atoms with E-state index in [1.807, 2.05) is 21.1 Å². The van der Waals surface area contributed by atoms with Crippen molar-refractivity contribution < 1.29 is 42.9 Å². The molecular formula is C70H126NO8+. The monoisotopic (exact) mass is 1110 g/mol. The molecule has 0 heterocycles. The summed E-state index contributed by atoms with van der Waals surface area (Å²) in [7, 11) is 5.98. The highest BCUT2D eigenvalue weighted by Crippen LogP contribution is 2.17. The number of ether oxygens (including phenoxy) is 4. The maximum atomic E-state index is 12.9. The van der Waals surface area contributed by atoms with Crippen LogP contribution in [0.15, 0.2) is 72.9 Å². The van der Waals surface area contributed by atoms with Gasteiger partial charge in [0.2, 0.25) is 0 Å². The van der Waals surface area contributed by atoms with Crippen LogP contribution in [0.4, 0.5) is 0 Å². The molecule has 1 N–H and O–H groups in total. The summed E-state index contributed by atoms with van der Waals surface area (Å²) in [5.74, 6) is -1.99. The smallest absolute Gasteiger partial charge is 0.361 e. The summed E-state index contributed by atoms with van der Waals surface area (Å²) in [6.07, 6.45) is 77.1. The van der Waals surface area contributed by atoms with Gasteiger partial charge in [0.15, 0.2) is 6.10 Å². The molecule has 0 saturated heterocycles. The molecule has 0 radical (unpaired) electrons. The molecule has 0 aromatic heterocycles. The fourth-order valence-corrected chi connectivity index (χ4v) is 9.39. The minimum atomic E-state index is -1.51. The maximum absolute atomic E-state index is 12.9. The van der Waals surface area contributed by atoms with Crippen LogP contribution in [0.5, 0.6) is 0 Å². The van der Waals surface area contributed by atoms with Crippen molar-refractivity contribution in [3.05, 3.63) is 72.9 Å². The van der Waals surface area contributed by atoms with Crippen LogP contribution in [-0.4, -0.2) is 87.4 Å². The van der Waals surface area contributed by atoms with Crippen LogP contribution in [0.1, 0.15) is 296 Å². The lowest BCUT2D eigenvalue weighted by atomic mass is 10.0. The molecule has 0 aromatic rings. The van der Waals surface area contributed by atoms with E-state index in [4.69, 9.17) is 18.9 Å². The van der Waals surface area contributed by atoms with Crippen LogP contribution in [0.25, 0.3) is 0 Å². The molecule has 0 aliphatic rings. The number of unbranched alkanes of at least 4 members (excludes halogenated alkanes) is 34.